The zero-order valence-corrected chi connectivity index (χ0v) is 10.7. The van der Waals surface area contributed by atoms with Crippen molar-refractivity contribution >= 4 is 17.5 Å². The molecule has 1 aliphatic rings. The lowest BCUT2D eigenvalue weighted by Crippen LogP contribution is -2.36. The summed E-state index contributed by atoms with van der Waals surface area (Å²) in [6.07, 6.45) is 0.304. The fourth-order valence-electron chi connectivity index (χ4n) is 2.01. The van der Waals surface area contributed by atoms with E-state index in [2.05, 4.69) is 10.6 Å². The number of carbonyl (C=O) groups is 2. The van der Waals surface area contributed by atoms with Crippen LogP contribution in [0.5, 0.6) is 5.75 Å². The zero-order chi connectivity index (χ0) is 13.8. The van der Waals surface area contributed by atoms with Gasteiger partial charge in [-0.05, 0) is 19.1 Å². The molecule has 0 spiro atoms. The van der Waals surface area contributed by atoms with Gasteiger partial charge in [-0.2, -0.15) is 0 Å². The van der Waals surface area contributed by atoms with Crippen LogP contribution in [-0.2, 0) is 4.79 Å². The lowest BCUT2D eigenvalue weighted by molar-refractivity contribution is -0.119. The Balaban J connectivity index is 2.14. The SMILES string of the molecule is CCOc1c(N)cccc1C(=O)NC1CNC(=O)C1. The topological polar surface area (TPSA) is 93.4 Å². The second-order valence-corrected chi connectivity index (χ2v) is 4.34. The van der Waals surface area contributed by atoms with Crippen molar-refractivity contribution in [2.75, 3.05) is 18.9 Å². The molecule has 6 heteroatoms. The number of hydrogen-bond donors (Lipinski definition) is 3. The molecule has 102 valence electrons. The van der Waals surface area contributed by atoms with Gasteiger partial charge in [0, 0.05) is 13.0 Å². The highest BCUT2D eigenvalue weighted by Gasteiger charge is 2.24. The van der Waals surface area contributed by atoms with Crippen LogP contribution in [0, 0.1) is 0 Å². The third-order valence-electron chi connectivity index (χ3n) is 2.89. The molecular weight excluding hydrogens is 246 g/mol. The van der Waals surface area contributed by atoms with Crippen LogP contribution in [0.1, 0.15) is 23.7 Å². The van der Waals surface area contributed by atoms with Gasteiger partial charge >= 0.3 is 0 Å². The van der Waals surface area contributed by atoms with Crippen molar-refractivity contribution in [2.24, 2.45) is 0 Å². The molecule has 4 N–H and O–H groups in total. The molecule has 1 unspecified atom stereocenters. The summed E-state index contributed by atoms with van der Waals surface area (Å²) in [6.45, 7) is 2.71. The smallest absolute Gasteiger partial charge is 0.255 e. The Kier molecular flexibility index (Phi) is 3.89. The number of carbonyl (C=O) groups excluding carboxylic acids is 2. The molecule has 1 atom stereocenters. The zero-order valence-electron chi connectivity index (χ0n) is 10.7. The first kappa shape index (κ1) is 13.2. The minimum atomic E-state index is -0.280. The highest BCUT2D eigenvalue weighted by atomic mass is 16.5. The number of ether oxygens (including phenoxy) is 1. The number of rotatable bonds is 4. The third kappa shape index (κ3) is 2.96. The summed E-state index contributed by atoms with van der Waals surface area (Å²) < 4.78 is 5.41. The molecule has 1 aromatic carbocycles. The van der Waals surface area contributed by atoms with Crippen LogP contribution in [0.25, 0.3) is 0 Å². The molecule has 1 aliphatic heterocycles. The lowest BCUT2D eigenvalue weighted by Gasteiger charge is -2.15. The van der Waals surface area contributed by atoms with E-state index in [-0.39, 0.29) is 17.9 Å². The van der Waals surface area contributed by atoms with Crippen LogP contribution in [0.4, 0.5) is 5.69 Å². The lowest BCUT2D eigenvalue weighted by atomic mass is 10.1. The van der Waals surface area contributed by atoms with Gasteiger partial charge in [0.2, 0.25) is 5.91 Å². The second-order valence-electron chi connectivity index (χ2n) is 4.34. The van der Waals surface area contributed by atoms with Crippen LogP contribution in [0.3, 0.4) is 0 Å². The van der Waals surface area contributed by atoms with Crippen molar-refractivity contribution in [3.63, 3.8) is 0 Å². The Morgan fingerprint density at radius 3 is 3.00 bits per heavy atom. The number of nitrogens with two attached hydrogens (primary N) is 1. The highest BCUT2D eigenvalue weighted by Crippen LogP contribution is 2.26. The fourth-order valence-corrected chi connectivity index (χ4v) is 2.01. The van der Waals surface area contributed by atoms with E-state index in [1.807, 2.05) is 6.92 Å². The van der Waals surface area contributed by atoms with Crippen LogP contribution in [0.15, 0.2) is 18.2 Å². The summed E-state index contributed by atoms with van der Waals surface area (Å²) in [6, 6.07) is 4.85. The number of amides is 2. The Hall–Kier alpha value is -2.24. The van der Waals surface area contributed by atoms with Crippen molar-refractivity contribution in [1.82, 2.24) is 10.6 Å². The number of para-hydroxylation sites is 1. The van der Waals surface area contributed by atoms with E-state index in [0.29, 0.717) is 36.6 Å². The number of nitrogen functional groups attached to an aromatic ring is 1. The van der Waals surface area contributed by atoms with Gasteiger partial charge in [0.1, 0.15) is 0 Å². The predicted molar refractivity (Wildman–Crippen MR) is 70.9 cm³/mol. The van der Waals surface area contributed by atoms with Crippen LogP contribution in [-0.4, -0.2) is 31.0 Å². The first-order valence-corrected chi connectivity index (χ1v) is 6.20. The largest absolute Gasteiger partial charge is 0.491 e. The van der Waals surface area contributed by atoms with Crippen molar-refractivity contribution in [3.8, 4) is 5.75 Å². The standard InChI is InChI=1S/C13H17N3O3/c1-2-19-12-9(4-3-5-10(12)14)13(18)16-8-6-11(17)15-7-8/h3-5,8H,2,6-7,14H2,1H3,(H,15,17)(H,16,18). The average Bonchev–Trinajstić information content (AvgIpc) is 2.77. The maximum Gasteiger partial charge on any atom is 0.255 e. The molecule has 6 nitrogen and oxygen atoms in total. The van der Waals surface area contributed by atoms with Gasteiger partial charge in [0.25, 0.3) is 5.91 Å². The van der Waals surface area contributed by atoms with E-state index in [0.717, 1.165) is 0 Å². The van der Waals surface area contributed by atoms with E-state index >= 15 is 0 Å². The van der Waals surface area contributed by atoms with Gasteiger partial charge in [-0.15, -0.1) is 0 Å². The number of nitrogens with one attached hydrogen (secondary N) is 2. The molecule has 0 aromatic heterocycles. The monoisotopic (exact) mass is 263 g/mol. The summed E-state index contributed by atoms with van der Waals surface area (Å²) in [4.78, 5) is 23.3. The molecule has 0 aliphatic carbocycles. The third-order valence-corrected chi connectivity index (χ3v) is 2.89. The molecule has 1 fully saturated rings. The Morgan fingerprint density at radius 1 is 1.58 bits per heavy atom. The van der Waals surface area contributed by atoms with Gasteiger partial charge in [0.15, 0.2) is 5.75 Å². The molecular formula is C13H17N3O3. The highest BCUT2D eigenvalue weighted by molar-refractivity contribution is 5.99. The van der Waals surface area contributed by atoms with Crippen LogP contribution in [0.2, 0.25) is 0 Å². The van der Waals surface area contributed by atoms with Crippen molar-refractivity contribution in [3.05, 3.63) is 23.8 Å². The first-order valence-electron chi connectivity index (χ1n) is 6.20. The summed E-state index contributed by atoms with van der Waals surface area (Å²) in [5.41, 5.74) is 6.62. The van der Waals surface area contributed by atoms with Crippen LogP contribution < -0.4 is 21.1 Å². The molecule has 2 amide bonds. The van der Waals surface area contributed by atoms with Gasteiger partial charge in [0.05, 0.1) is 23.9 Å². The quantitative estimate of drug-likeness (QED) is 0.680. The number of benzene rings is 1. The fraction of sp³-hybridized carbons (Fsp3) is 0.385. The summed E-state index contributed by atoms with van der Waals surface area (Å²) >= 11 is 0. The molecule has 0 saturated carbocycles. The molecule has 0 bridgehead atoms. The predicted octanol–water partition coefficient (Wildman–Crippen LogP) is 0.286. The van der Waals surface area contributed by atoms with Crippen molar-refractivity contribution in [2.45, 2.75) is 19.4 Å². The van der Waals surface area contributed by atoms with Crippen molar-refractivity contribution in [1.29, 1.82) is 0 Å². The summed E-state index contributed by atoms with van der Waals surface area (Å²) in [7, 11) is 0. The Morgan fingerprint density at radius 2 is 2.37 bits per heavy atom. The molecule has 1 heterocycles. The Labute approximate surface area is 111 Å². The van der Waals surface area contributed by atoms with Crippen molar-refractivity contribution < 1.29 is 14.3 Å². The number of anilines is 1. The van der Waals surface area contributed by atoms with E-state index in [1.54, 1.807) is 18.2 Å². The summed E-state index contributed by atoms with van der Waals surface area (Å²) in [5, 5.41) is 5.46. The molecule has 2 rings (SSSR count). The molecule has 0 radical (unpaired) electrons. The van der Waals surface area contributed by atoms with E-state index in [9.17, 15) is 9.59 Å². The molecule has 19 heavy (non-hydrogen) atoms. The second kappa shape index (κ2) is 5.60. The minimum absolute atomic E-state index is 0.0529. The first-order chi connectivity index (χ1) is 9.11. The van der Waals surface area contributed by atoms with E-state index in [1.165, 1.54) is 0 Å². The van der Waals surface area contributed by atoms with E-state index < -0.39 is 0 Å². The normalized spacial score (nSPS) is 17.9. The summed E-state index contributed by atoms with van der Waals surface area (Å²) in [5.74, 6) is 0.0555. The number of hydrogen-bond acceptors (Lipinski definition) is 4. The van der Waals surface area contributed by atoms with Crippen LogP contribution >= 0.6 is 0 Å². The maximum atomic E-state index is 12.2. The molecule has 1 aromatic rings. The average molecular weight is 263 g/mol. The van der Waals surface area contributed by atoms with Gasteiger partial charge in [-0.3, -0.25) is 9.59 Å². The van der Waals surface area contributed by atoms with Gasteiger partial charge < -0.3 is 21.1 Å². The maximum absolute atomic E-state index is 12.2. The van der Waals surface area contributed by atoms with E-state index in [4.69, 9.17) is 10.5 Å². The van der Waals surface area contributed by atoms with Gasteiger partial charge in [-0.25, -0.2) is 0 Å². The molecule has 1 saturated heterocycles. The van der Waals surface area contributed by atoms with Gasteiger partial charge in [-0.1, -0.05) is 6.07 Å². The Bertz CT molecular complexity index is 502. The minimum Gasteiger partial charge on any atom is -0.491 e.